The van der Waals surface area contributed by atoms with E-state index in [-0.39, 0.29) is 17.5 Å². The first-order valence-electron chi connectivity index (χ1n) is 5.92. The zero-order chi connectivity index (χ0) is 13.6. The number of piperidine rings is 1. The average molecular weight is 283 g/mol. The molecule has 19 heavy (non-hydrogen) atoms. The molecule has 0 saturated carbocycles. The van der Waals surface area contributed by atoms with Crippen molar-refractivity contribution < 1.29 is 13.6 Å². The molecule has 0 spiro atoms. The summed E-state index contributed by atoms with van der Waals surface area (Å²) in [5.41, 5.74) is 0.590. The summed E-state index contributed by atoms with van der Waals surface area (Å²) in [6, 6.07) is 1.99. The van der Waals surface area contributed by atoms with E-state index >= 15 is 0 Å². The summed E-state index contributed by atoms with van der Waals surface area (Å²) in [7, 11) is 0. The molecule has 2 N–H and O–H groups in total. The van der Waals surface area contributed by atoms with Crippen LogP contribution in [0.15, 0.2) is 12.1 Å². The summed E-state index contributed by atoms with van der Waals surface area (Å²) >= 11 is 5.17. The summed E-state index contributed by atoms with van der Waals surface area (Å²) in [4.78, 5) is 13.9. The third-order valence-corrected chi connectivity index (χ3v) is 3.65. The maximum Gasteiger partial charge on any atom is 0.220 e. The van der Waals surface area contributed by atoms with Crippen molar-refractivity contribution in [3.63, 3.8) is 0 Å². The van der Waals surface area contributed by atoms with Gasteiger partial charge in [-0.25, -0.2) is 8.78 Å². The number of carbonyl (C=O) groups is 1. The molecule has 2 aromatic rings. The van der Waals surface area contributed by atoms with Crippen molar-refractivity contribution in [1.29, 1.82) is 0 Å². The maximum atomic E-state index is 13.7. The monoisotopic (exact) mass is 283 g/mol. The minimum atomic E-state index is -0.667. The summed E-state index contributed by atoms with van der Waals surface area (Å²) < 4.78 is 29.0. The molecule has 100 valence electrons. The van der Waals surface area contributed by atoms with Crippen molar-refractivity contribution in [3.05, 3.63) is 28.5 Å². The third kappa shape index (κ3) is 2.03. The van der Waals surface area contributed by atoms with Gasteiger partial charge in [0.25, 0.3) is 0 Å². The Bertz CT molecular complexity index is 712. The molecule has 1 aliphatic rings. The van der Waals surface area contributed by atoms with Gasteiger partial charge in [-0.05, 0) is 24.7 Å². The number of hydrogen-bond donors (Lipinski definition) is 2. The number of hydrogen-bond acceptors (Lipinski definition) is 2. The fraction of sp³-hybridized carbons (Fsp3) is 0.333. The van der Waals surface area contributed by atoms with Crippen LogP contribution in [-0.2, 0) is 4.79 Å². The second kappa shape index (κ2) is 4.41. The second-order valence-electron chi connectivity index (χ2n) is 4.58. The Kier molecular flexibility index (Phi) is 2.85. The number of aromatic amines is 1. The Labute approximate surface area is 112 Å². The number of nitrogens with one attached hydrogen (secondary N) is 2. The molecule has 1 aliphatic heterocycles. The van der Waals surface area contributed by atoms with E-state index in [1.165, 1.54) is 6.07 Å². The van der Waals surface area contributed by atoms with Gasteiger partial charge < -0.3 is 14.9 Å². The molecule has 1 unspecified atom stereocenters. The van der Waals surface area contributed by atoms with Gasteiger partial charge in [0.05, 0.1) is 11.6 Å². The molecule has 3 rings (SSSR count). The van der Waals surface area contributed by atoms with Gasteiger partial charge in [0.2, 0.25) is 5.91 Å². The van der Waals surface area contributed by atoms with Gasteiger partial charge in [0.15, 0.2) is 10.6 Å². The van der Waals surface area contributed by atoms with Crippen LogP contribution in [0.2, 0.25) is 0 Å². The van der Waals surface area contributed by atoms with E-state index in [1.807, 2.05) is 0 Å². The van der Waals surface area contributed by atoms with Gasteiger partial charge in [0, 0.05) is 19.0 Å². The van der Waals surface area contributed by atoms with Crippen molar-refractivity contribution in [2.24, 2.45) is 0 Å². The molecule has 1 aromatic carbocycles. The van der Waals surface area contributed by atoms with Gasteiger partial charge in [-0.2, -0.15) is 0 Å². The fourth-order valence-corrected chi connectivity index (χ4v) is 2.80. The lowest BCUT2D eigenvalue weighted by molar-refractivity contribution is -0.122. The molecule has 2 heterocycles. The van der Waals surface area contributed by atoms with Crippen molar-refractivity contribution >= 4 is 29.2 Å². The number of rotatable bonds is 1. The Hall–Kier alpha value is -1.76. The normalized spacial score (nSPS) is 19.7. The van der Waals surface area contributed by atoms with E-state index in [0.29, 0.717) is 29.7 Å². The maximum absolute atomic E-state index is 13.7. The molecule has 0 radical (unpaired) electrons. The zero-order valence-corrected chi connectivity index (χ0v) is 10.7. The number of amides is 1. The highest BCUT2D eigenvalue weighted by Crippen LogP contribution is 2.26. The lowest BCUT2D eigenvalue weighted by Crippen LogP contribution is -2.36. The highest BCUT2D eigenvalue weighted by molar-refractivity contribution is 7.71. The number of H-pyrrole nitrogens is 1. The van der Waals surface area contributed by atoms with Gasteiger partial charge in [-0.3, -0.25) is 4.79 Å². The van der Waals surface area contributed by atoms with Crippen LogP contribution in [0.4, 0.5) is 8.78 Å². The summed E-state index contributed by atoms with van der Waals surface area (Å²) in [6.07, 6.45) is 0.988. The Morgan fingerprint density at radius 1 is 1.37 bits per heavy atom. The summed E-state index contributed by atoms with van der Waals surface area (Å²) in [6.45, 7) is 0.415. The predicted octanol–water partition coefficient (Wildman–Crippen LogP) is 2.43. The number of nitrogens with zero attached hydrogens (tertiary/aromatic N) is 1. The molecule has 1 amide bonds. The number of carbonyl (C=O) groups excluding carboxylic acids is 1. The van der Waals surface area contributed by atoms with Crippen molar-refractivity contribution in [1.82, 2.24) is 14.9 Å². The second-order valence-corrected chi connectivity index (χ2v) is 4.97. The largest absolute Gasteiger partial charge is 0.354 e. The number of fused-ring (bicyclic) bond motifs is 1. The number of imidazole rings is 1. The topological polar surface area (TPSA) is 49.8 Å². The molecule has 1 fully saturated rings. The average Bonchev–Trinajstić information content (AvgIpc) is 2.67. The van der Waals surface area contributed by atoms with E-state index in [2.05, 4.69) is 10.3 Å². The smallest absolute Gasteiger partial charge is 0.220 e. The van der Waals surface area contributed by atoms with Crippen LogP contribution in [0.5, 0.6) is 0 Å². The third-order valence-electron chi connectivity index (χ3n) is 3.35. The van der Waals surface area contributed by atoms with Gasteiger partial charge in [-0.1, -0.05) is 0 Å². The van der Waals surface area contributed by atoms with Crippen LogP contribution in [0.25, 0.3) is 11.0 Å². The van der Waals surface area contributed by atoms with Crippen LogP contribution in [-0.4, -0.2) is 22.0 Å². The molecule has 0 aliphatic carbocycles. The highest BCUT2D eigenvalue weighted by Gasteiger charge is 2.23. The quantitative estimate of drug-likeness (QED) is 0.790. The number of halogens is 2. The molecule has 7 heteroatoms. The Balaban J connectivity index is 2.15. The SMILES string of the molecule is O=C1CCC(n2c(=S)[nH]c3c(F)cc(F)cc32)CN1. The van der Waals surface area contributed by atoms with E-state index in [4.69, 9.17) is 12.2 Å². The molecular formula is C12H11F2N3OS. The lowest BCUT2D eigenvalue weighted by atomic mass is 10.1. The van der Waals surface area contributed by atoms with Crippen LogP contribution in [0.1, 0.15) is 18.9 Å². The zero-order valence-electron chi connectivity index (χ0n) is 9.87. The van der Waals surface area contributed by atoms with Crippen LogP contribution < -0.4 is 5.32 Å². The van der Waals surface area contributed by atoms with Gasteiger partial charge in [-0.15, -0.1) is 0 Å². The van der Waals surface area contributed by atoms with Crippen molar-refractivity contribution in [3.8, 4) is 0 Å². The van der Waals surface area contributed by atoms with E-state index in [1.54, 1.807) is 4.57 Å². The molecule has 1 saturated heterocycles. The summed E-state index contributed by atoms with van der Waals surface area (Å²) in [5.74, 6) is -1.33. The minimum Gasteiger partial charge on any atom is -0.354 e. The highest BCUT2D eigenvalue weighted by atomic mass is 32.1. The number of benzene rings is 1. The van der Waals surface area contributed by atoms with Crippen LogP contribution in [0, 0.1) is 16.4 Å². The van der Waals surface area contributed by atoms with Crippen molar-refractivity contribution in [2.75, 3.05) is 6.54 Å². The minimum absolute atomic E-state index is 0.0139. The molecular weight excluding hydrogens is 272 g/mol. The Morgan fingerprint density at radius 2 is 2.16 bits per heavy atom. The first-order chi connectivity index (χ1) is 9.06. The summed E-state index contributed by atoms with van der Waals surface area (Å²) in [5, 5.41) is 2.73. The van der Waals surface area contributed by atoms with Crippen LogP contribution >= 0.6 is 12.2 Å². The first-order valence-corrected chi connectivity index (χ1v) is 6.33. The molecule has 1 aromatic heterocycles. The molecule has 0 bridgehead atoms. The van der Waals surface area contributed by atoms with E-state index < -0.39 is 11.6 Å². The van der Waals surface area contributed by atoms with Crippen molar-refractivity contribution in [2.45, 2.75) is 18.9 Å². The fourth-order valence-electron chi connectivity index (χ4n) is 2.45. The van der Waals surface area contributed by atoms with Crippen LogP contribution in [0.3, 0.4) is 0 Å². The predicted molar refractivity (Wildman–Crippen MR) is 68.3 cm³/mol. The first kappa shape index (κ1) is 12.3. The van der Waals surface area contributed by atoms with Gasteiger partial charge >= 0.3 is 0 Å². The van der Waals surface area contributed by atoms with Gasteiger partial charge in [0.1, 0.15) is 11.3 Å². The standard InChI is InChI=1S/C12H11F2N3OS/c13-6-3-8(14)11-9(4-6)17(12(19)16-11)7-1-2-10(18)15-5-7/h3-4,7H,1-2,5H2,(H,15,18)(H,16,19). The van der Waals surface area contributed by atoms with E-state index in [0.717, 1.165) is 6.07 Å². The molecule has 1 atom stereocenters. The van der Waals surface area contributed by atoms with E-state index in [9.17, 15) is 13.6 Å². The molecule has 4 nitrogen and oxygen atoms in total. The Morgan fingerprint density at radius 3 is 2.84 bits per heavy atom. The lowest BCUT2D eigenvalue weighted by Gasteiger charge is -2.24. The number of aromatic nitrogens is 2.